The lowest BCUT2D eigenvalue weighted by Crippen LogP contribution is -2.33. The number of carbonyl (C=O) groups excluding carboxylic acids is 2. The summed E-state index contributed by atoms with van der Waals surface area (Å²) in [6.07, 6.45) is 0.170. The third-order valence-electron chi connectivity index (χ3n) is 2.57. The van der Waals surface area contributed by atoms with Crippen LogP contribution < -0.4 is 10.1 Å². The Morgan fingerprint density at radius 3 is 2.37 bits per heavy atom. The van der Waals surface area contributed by atoms with E-state index in [1.165, 1.54) is 12.0 Å². The molecule has 0 aliphatic rings. The molecule has 0 bridgehead atoms. The highest BCUT2D eigenvalue weighted by molar-refractivity contribution is 5.89. The summed E-state index contributed by atoms with van der Waals surface area (Å²) in [4.78, 5) is 24.2. The van der Waals surface area contributed by atoms with Crippen LogP contribution in [-0.2, 0) is 9.53 Å². The first-order chi connectivity index (χ1) is 9.06. The number of ether oxygens (including phenoxy) is 2. The van der Waals surface area contributed by atoms with E-state index in [1.807, 2.05) is 0 Å². The van der Waals surface area contributed by atoms with E-state index < -0.39 is 0 Å². The number of hydrogen-bond donors (Lipinski definition) is 1. The van der Waals surface area contributed by atoms with Crippen LogP contribution >= 0.6 is 0 Å². The van der Waals surface area contributed by atoms with Gasteiger partial charge in [0, 0.05) is 19.3 Å². The van der Waals surface area contributed by atoms with Crippen LogP contribution in [0.4, 0.5) is 10.5 Å². The van der Waals surface area contributed by atoms with Crippen LogP contribution in [0.15, 0.2) is 24.3 Å². The van der Waals surface area contributed by atoms with E-state index in [4.69, 9.17) is 4.74 Å². The third-order valence-corrected chi connectivity index (χ3v) is 2.57. The zero-order valence-corrected chi connectivity index (χ0v) is 11.3. The molecular weight excluding hydrogens is 248 g/mol. The molecule has 0 atom stereocenters. The molecule has 0 fully saturated rings. The van der Waals surface area contributed by atoms with Crippen molar-refractivity contribution >= 4 is 17.7 Å². The van der Waals surface area contributed by atoms with Gasteiger partial charge in [-0.15, -0.1) is 0 Å². The highest BCUT2D eigenvalue weighted by atomic mass is 16.5. The van der Waals surface area contributed by atoms with Crippen LogP contribution in [0, 0.1) is 0 Å². The van der Waals surface area contributed by atoms with Gasteiger partial charge in [-0.05, 0) is 24.3 Å². The van der Waals surface area contributed by atoms with Gasteiger partial charge < -0.3 is 19.7 Å². The van der Waals surface area contributed by atoms with Gasteiger partial charge in [-0.3, -0.25) is 4.79 Å². The Kier molecular flexibility index (Phi) is 5.66. The lowest BCUT2D eigenvalue weighted by molar-refractivity contribution is -0.140. The monoisotopic (exact) mass is 266 g/mol. The van der Waals surface area contributed by atoms with Crippen molar-refractivity contribution in [1.29, 1.82) is 0 Å². The van der Waals surface area contributed by atoms with Crippen LogP contribution in [0.1, 0.15) is 6.42 Å². The zero-order chi connectivity index (χ0) is 14.3. The summed E-state index contributed by atoms with van der Waals surface area (Å²) < 4.78 is 9.54. The maximum atomic E-state index is 11.8. The molecule has 19 heavy (non-hydrogen) atoms. The minimum absolute atomic E-state index is 0.170. The number of amides is 2. The molecule has 1 N–H and O–H groups in total. The smallest absolute Gasteiger partial charge is 0.321 e. The molecular formula is C13H18N2O4. The molecule has 0 unspecified atom stereocenters. The Bertz CT molecular complexity index is 431. The van der Waals surface area contributed by atoms with E-state index in [-0.39, 0.29) is 18.4 Å². The van der Waals surface area contributed by atoms with E-state index in [0.717, 1.165) is 5.75 Å². The largest absolute Gasteiger partial charge is 0.497 e. The van der Waals surface area contributed by atoms with Crippen LogP contribution in [0.25, 0.3) is 0 Å². The fraction of sp³-hybridized carbons (Fsp3) is 0.385. The summed E-state index contributed by atoms with van der Waals surface area (Å²) in [6, 6.07) is 6.71. The van der Waals surface area contributed by atoms with E-state index in [0.29, 0.717) is 12.2 Å². The first-order valence-electron chi connectivity index (χ1n) is 5.79. The highest BCUT2D eigenvalue weighted by Gasteiger charge is 2.10. The standard InChI is InChI=1S/C13H18N2O4/c1-15(9-8-12(16)19-3)13(17)14-10-4-6-11(18-2)7-5-10/h4-7H,8-9H2,1-3H3,(H,14,17). The summed E-state index contributed by atoms with van der Waals surface area (Å²) in [7, 11) is 4.51. The molecule has 0 radical (unpaired) electrons. The lowest BCUT2D eigenvalue weighted by Gasteiger charge is -2.17. The topological polar surface area (TPSA) is 67.9 Å². The van der Waals surface area contributed by atoms with E-state index in [9.17, 15) is 9.59 Å². The van der Waals surface area contributed by atoms with Crippen molar-refractivity contribution in [2.45, 2.75) is 6.42 Å². The Morgan fingerprint density at radius 1 is 1.21 bits per heavy atom. The number of benzene rings is 1. The van der Waals surface area contributed by atoms with Gasteiger partial charge in [-0.1, -0.05) is 0 Å². The molecule has 0 aromatic heterocycles. The van der Waals surface area contributed by atoms with Gasteiger partial charge >= 0.3 is 12.0 Å². The Balaban J connectivity index is 2.46. The number of methoxy groups -OCH3 is 2. The van der Waals surface area contributed by atoms with E-state index in [1.54, 1.807) is 38.4 Å². The molecule has 2 amide bonds. The van der Waals surface area contributed by atoms with Gasteiger partial charge in [0.1, 0.15) is 5.75 Å². The summed E-state index contributed by atoms with van der Waals surface area (Å²) in [5.74, 6) is 0.376. The fourth-order valence-electron chi connectivity index (χ4n) is 1.36. The highest BCUT2D eigenvalue weighted by Crippen LogP contribution is 2.15. The molecule has 104 valence electrons. The fourth-order valence-corrected chi connectivity index (χ4v) is 1.36. The van der Waals surface area contributed by atoms with Crippen LogP contribution in [-0.4, -0.2) is 44.7 Å². The molecule has 0 saturated carbocycles. The minimum atomic E-state index is -0.343. The van der Waals surface area contributed by atoms with Gasteiger partial charge in [0.05, 0.1) is 20.6 Å². The van der Waals surface area contributed by atoms with Gasteiger partial charge in [-0.2, -0.15) is 0 Å². The van der Waals surface area contributed by atoms with Crippen molar-refractivity contribution in [3.63, 3.8) is 0 Å². The summed E-state index contributed by atoms with van der Waals surface area (Å²) >= 11 is 0. The molecule has 6 heteroatoms. The predicted octanol–water partition coefficient (Wildman–Crippen LogP) is 1.72. The average molecular weight is 266 g/mol. The van der Waals surface area contributed by atoms with Crippen molar-refractivity contribution < 1.29 is 19.1 Å². The van der Waals surface area contributed by atoms with Crippen molar-refractivity contribution in [1.82, 2.24) is 4.90 Å². The van der Waals surface area contributed by atoms with Crippen LogP contribution in [0.3, 0.4) is 0 Å². The molecule has 1 aromatic rings. The second-order valence-electron chi connectivity index (χ2n) is 3.91. The number of anilines is 1. The van der Waals surface area contributed by atoms with Gasteiger partial charge in [0.15, 0.2) is 0 Å². The normalized spacial score (nSPS) is 9.63. The predicted molar refractivity (Wildman–Crippen MR) is 71.3 cm³/mol. The second kappa shape index (κ2) is 7.25. The van der Waals surface area contributed by atoms with Crippen molar-refractivity contribution in [2.75, 3.05) is 33.1 Å². The molecule has 1 aromatic carbocycles. The molecule has 0 aliphatic carbocycles. The molecule has 1 rings (SSSR count). The Morgan fingerprint density at radius 2 is 1.84 bits per heavy atom. The molecule has 0 spiro atoms. The molecule has 0 aliphatic heterocycles. The molecule has 0 heterocycles. The van der Waals surface area contributed by atoms with E-state index >= 15 is 0 Å². The van der Waals surface area contributed by atoms with Crippen LogP contribution in [0.2, 0.25) is 0 Å². The summed E-state index contributed by atoms with van der Waals surface area (Å²) in [5, 5.41) is 2.71. The summed E-state index contributed by atoms with van der Waals surface area (Å²) in [6.45, 7) is 0.300. The number of rotatable bonds is 5. The second-order valence-corrected chi connectivity index (χ2v) is 3.91. The van der Waals surface area contributed by atoms with Crippen LogP contribution in [0.5, 0.6) is 5.75 Å². The molecule has 6 nitrogen and oxygen atoms in total. The van der Waals surface area contributed by atoms with Crippen molar-refractivity contribution in [2.24, 2.45) is 0 Å². The third kappa shape index (κ3) is 4.87. The number of urea groups is 1. The maximum Gasteiger partial charge on any atom is 0.321 e. The quantitative estimate of drug-likeness (QED) is 0.824. The first kappa shape index (κ1) is 14.8. The van der Waals surface area contributed by atoms with Crippen molar-refractivity contribution in [3.8, 4) is 5.75 Å². The number of nitrogens with one attached hydrogen (secondary N) is 1. The van der Waals surface area contributed by atoms with Gasteiger partial charge in [0.25, 0.3) is 0 Å². The Labute approximate surface area is 112 Å². The first-order valence-corrected chi connectivity index (χ1v) is 5.79. The summed E-state index contributed by atoms with van der Waals surface area (Å²) in [5.41, 5.74) is 0.663. The number of esters is 1. The Hall–Kier alpha value is -2.24. The van der Waals surface area contributed by atoms with E-state index in [2.05, 4.69) is 10.1 Å². The number of carbonyl (C=O) groups is 2. The number of nitrogens with zero attached hydrogens (tertiary/aromatic N) is 1. The van der Waals surface area contributed by atoms with Gasteiger partial charge in [-0.25, -0.2) is 4.79 Å². The number of hydrogen-bond acceptors (Lipinski definition) is 4. The average Bonchev–Trinajstić information content (AvgIpc) is 2.44. The minimum Gasteiger partial charge on any atom is -0.497 e. The zero-order valence-electron chi connectivity index (χ0n) is 11.3. The van der Waals surface area contributed by atoms with Gasteiger partial charge in [0.2, 0.25) is 0 Å². The maximum absolute atomic E-state index is 11.8. The SMILES string of the molecule is COC(=O)CCN(C)C(=O)Nc1ccc(OC)cc1. The lowest BCUT2D eigenvalue weighted by atomic mass is 10.3. The van der Waals surface area contributed by atoms with Crippen molar-refractivity contribution in [3.05, 3.63) is 24.3 Å². The molecule has 0 saturated heterocycles.